The largest absolute Gasteiger partial charge is 0.507 e. The van der Waals surface area contributed by atoms with Crippen molar-refractivity contribution in [1.29, 1.82) is 0 Å². The Morgan fingerprint density at radius 1 is 0.893 bits per heavy atom. The van der Waals surface area contributed by atoms with Gasteiger partial charge in [0.1, 0.15) is 11.6 Å². The topological polar surface area (TPSA) is 57.5 Å². The van der Waals surface area contributed by atoms with Crippen LogP contribution in [0.3, 0.4) is 0 Å². The smallest absolute Gasteiger partial charge is 0.146 e. The summed E-state index contributed by atoms with van der Waals surface area (Å²) in [6.07, 6.45) is 1.78. The summed E-state index contributed by atoms with van der Waals surface area (Å²) in [7, 11) is 0. The Kier molecular flexibility index (Phi) is 5.16. The van der Waals surface area contributed by atoms with Crippen molar-refractivity contribution in [2.24, 2.45) is 5.10 Å². The first-order valence-electron chi connectivity index (χ1n) is 9.58. The summed E-state index contributed by atoms with van der Waals surface area (Å²) < 4.78 is 0. The van der Waals surface area contributed by atoms with Crippen LogP contribution in [0.15, 0.2) is 53.6 Å². The average molecular weight is 376 g/mol. The molecule has 146 valence electrons. The Bertz CT molecular complexity index is 989. The second-order valence-electron chi connectivity index (χ2n) is 9.22. The minimum atomic E-state index is -0.165. The number of benzene rings is 2. The fourth-order valence-electron chi connectivity index (χ4n) is 3.18. The number of aromatic hydroxyl groups is 1. The number of nitrogens with one attached hydrogen (secondary N) is 1. The third-order valence-corrected chi connectivity index (χ3v) is 4.74. The van der Waals surface area contributed by atoms with Crippen molar-refractivity contribution in [2.45, 2.75) is 52.4 Å². The Morgan fingerprint density at radius 3 is 2.11 bits per heavy atom. The highest BCUT2D eigenvalue weighted by Crippen LogP contribution is 2.39. The van der Waals surface area contributed by atoms with Crippen molar-refractivity contribution in [3.63, 3.8) is 0 Å². The molecule has 0 fully saturated rings. The summed E-state index contributed by atoms with van der Waals surface area (Å²) in [5.41, 5.74) is 6.40. The lowest BCUT2D eigenvalue weighted by Gasteiger charge is -2.27. The molecule has 4 heteroatoms. The molecule has 0 bridgehead atoms. The molecule has 3 rings (SSSR count). The number of aromatic nitrogens is 1. The average Bonchev–Trinajstić information content (AvgIpc) is 2.61. The van der Waals surface area contributed by atoms with Gasteiger partial charge in [0.2, 0.25) is 0 Å². The first-order chi connectivity index (χ1) is 13.1. The van der Waals surface area contributed by atoms with Crippen LogP contribution in [0.2, 0.25) is 0 Å². The van der Waals surface area contributed by atoms with E-state index in [-0.39, 0.29) is 10.8 Å². The molecule has 4 nitrogen and oxygen atoms in total. The molecule has 0 saturated heterocycles. The molecule has 2 aromatic carbocycles. The Labute approximate surface area is 167 Å². The van der Waals surface area contributed by atoms with E-state index in [1.54, 1.807) is 6.21 Å². The van der Waals surface area contributed by atoms with Gasteiger partial charge in [-0.2, -0.15) is 5.10 Å². The molecule has 0 atom stereocenters. The van der Waals surface area contributed by atoms with Gasteiger partial charge in [0.05, 0.1) is 11.7 Å². The lowest BCUT2D eigenvalue weighted by molar-refractivity contribution is 0.423. The second kappa shape index (κ2) is 7.27. The van der Waals surface area contributed by atoms with Gasteiger partial charge in [0.25, 0.3) is 0 Å². The maximum atomic E-state index is 10.8. The molecule has 0 aliphatic carbocycles. The molecule has 0 saturated carbocycles. The van der Waals surface area contributed by atoms with E-state index in [2.05, 4.69) is 57.1 Å². The van der Waals surface area contributed by atoms with Gasteiger partial charge in [-0.15, -0.1) is 0 Å². The molecule has 0 amide bonds. The van der Waals surface area contributed by atoms with E-state index >= 15 is 0 Å². The number of hydrazone groups is 1. The van der Waals surface area contributed by atoms with Crippen LogP contribution in [0.1, 0.15) is 58.2 Å². The summed E-state index contributed by atoms with van der Waals surface area (Å²) in [6, 6.07) is 15.9. The molecule has 0 aliphatic rings. The number of hydrogen-bond acceptors (Lipinski definition) is 4. The van der Waals surface area contributed by atoms with E-state index in [0.717, 1.165) is 27.6 Å². The summed E-state index contributed by atoms with van der Waals surface area (Å²) in [5, 5.41) is 16.3. The zero-order valence-electron chi connectivity index (χ0n) is 17.5. The van der Waals surface area contributed by atoms with E-state index in [9.17, 15) is 5.11 Å². The van der Waals surface area contributed by atoms with Gasteiger partial charge in [-0.05, 0) is 46.7 Å². The van der Waals surface area contributed by atoms with Crippen LogP contribution in [0.4, 0.5) is 5.82 Å². The van der Waals surface area contributed by atoms with Crippen molar-refractivity contribution < 1.29 is 5.11 Å². The van der Waals surface area contributed by atoms with Crippen molar-refractivity contribution in [2.75, 3.05) is 5.43 Å². The molecule has 0 unspecified atom stereocenters. The van der Waals surface area contributed by atoms with Gasteiger partial charge in [0, 0.05) is 16.5 Å². The number of para-hydroxylation sites is 1. The molecule has 0 spiro atoms. The first-order valence-corrected chi connectivity index (χ1v) is 9.58. The zero-order chi connectivity index (χ0) is 20.5. The Hall–Kier alpha value is -2.88. The maximum absolute atomic E-state index is 10.8. The van der Waals surface area contributed by atoms with E-state index < -0.39 is 0 Å². The number of rotatable bonds is 3. The van der Waals surface area contributed by atoms with Gasteiger partial charge in [0.15, 0.2) is 0 Å². The minimum Gasteiger partial charge on any atom is -0.507 e. The molecule has 1 heterocycles. The molecule has 0 radical (unpaired) electrons. The maximum Gasteiger partial charge on any atom is 0.146 e. The van der Waals surface area contributed by atoms with E-state index in [4.69, 9.17) is 0 Å². The van der Waals surface area contributed by atoms with Crippen molar-refractivity contribution in [3.05, 3.63) is 65.2 Å². The normalized spacial score (nSPS) is 12.6. The number of hydrogen-bond donors (Lipinski definition) is 2. The minimum absolute atomic E-state index is 0.165. The van der Waals surface area contributed by atoms with Crippen molar-refractivity contribution in [3.8, 4) is 5.75 Å². The summed E-state index contributed by atoms with van der Waals surface area (Å²) in [4.78, 5) is 4.57. The highest BCUT2D eigenvalue weighted by atomic mass is 16.3. The third-order valence-electron chi connectivity index (χ3n) is 4.74. The highest BCUT2D eigenvalue weighted by molar-refractivity contribution is 5.83. The summed E-state index contributed by atoms with van der Waals surface area (Å²) >= 11 is 0. The van der Waals surface area contributed by atoms with Crippen molar-refractivity contribution in [1.82, 2.24) is 4.98 Å². The van der Waals surface area contributed by atoms with Gasteiger partial charge in [-0.3, -0.25) is 5.43 Å². The van der Waals surface area contributed by atoms with Gasteiger partial charge >= 0.3 is 0 Å². The SMILES string of the molecule is CC(C)(C)c1cc(/C=N\Nc2ccc3ccccc3n2)cc(C(C)(C)C)c1O. The quantitative estimate of drug-likeness (QED) is 0.437. The van der Waals surface area contributed by atoms with Crippen LogP contribution in [0.25, 0.3) is 10.9 Å². The fourth-order valence-corrected chi connectivity index (χ4v) is 3.18. The standard InChI is InChI=1S/C24H29N3O/c1-23(2,3)18-13-16(14-19(22(18)28)24(4,5)6)15-25-27-21-12-11-17-9-7-8-10-20(17)26-21/h7-15,28H,1-6H3,(H,26,27)/b25-15-. The zero-order valence-corrected chi connectivity index (χ0v) is 17.5. The molecule has 28 heavy (non-hydrogen) atoms. The molecule has 3 aromatic rings. The Balaban J connectivity index is 1.92. The molecular weight excluding hydrogens is 346 g/mol. The van der Waals surface area contributed by atoms with Crippen LogP contribution in [0, 0.1) is 0 Å². The number of anilines is 1. The number of phenolic OH excluding ortho intramolecular Hbond substituents is 1. The number of phenols is 1. The third kappa shape index (κ3) is 4.33. The van der Waals surface area contributed by atoms with Crippen LogP contribution in [-0.4, -0.2) is 16.3 Å². The fraction of sp³-hybridized carbons (Fsp3) is 0.333. The van der Waals surface area contributed by atoms with E-state index in [1.807, 2.05) is 48.5 Å². The number of fused-ring (bicyclic) bond motifs is 1. The summed E-state index contributed by atoms with van der Waals surface area (Å²) in [5.74, 6) is 1.07. The highest BCUT2D eigenvalue weighted by Gasteiger charge is 2.26. The Morgan fingerprint density at radius 2 is 1.50 bits per heavy atom. The molecule has 0 aliphatic heterocycles. The van der Waals surface area contributed by atoms with Crippen LogP contribution >= 0.6 is 0 Å². The van der Waals surface area contributed by atoms with Crippen molar-refractivity contribution >= 4 is 22.9 Å². The predicted molar refractivity (Wildman–Crippen MR) is 118 cm³/mol. The lowest BCUT2D eigenvalue weighted by Crippen LogP contribution is -2.18. The van der Waals surface area contributed by atoms with Crippen LogP contribution in [0.5, 0.6) is 5.75 Å². The molecular formula is C24H29N3O. The van der Waals surface area contributed by atoms with Gasteiger partial charge < -0.3 is 5.11 Å². The number of nitrogens with zero attached hydrogens (tertiary/aromatic N) is 2. The van der Waals surface area contributed by atoms with Crippen LogP contribution in [-0.2, 0) is 10.8 Å². The van der Waals surface area contributed by atoms with E-state index in [0.29, 0.717) is 11.6 Å². The summed E-state index contributed by atoms with van der Waals surface area (Å²) in [6.45, 7) is 12.6. The predicted octanol–water partition coefficient (Wildman–Crippen LogP) is 5.98. The monoisotopic (exact) mass is 375 g/mol. The number of pyridine rings is 1. The van der Waals surface area contributed by atoms with Gasteiger partial charge in [-0.1, -0.05) is 59.7 Å². The lowest BCUT2D eigenvalue weighted by atomic mass is 9.78. The van der Waals surface area contributed by atoms with Crippen LogP contribution < -0.4 is 5.43 Å². The van der Waals surface area contributed by atoms with Gasteiger partial charge in [-0.25, -0.2) is 4.98 Å². The first kappa shape index (κ1) is 19.9. The molecule has 2 N–H and O–H groups in total. The second-order valence-corrected chi connectivity index (χ2v) is 9.22. The van der Waals surface area contributed by atoms with E-state index in [1.165, 1.54) is 0 Å². The molecule has 1 aromatic heterocycles.